The van der Waals surface area contributed by atoms with Gasteiger partial charge in [0.15, 0.2) is 5.60 Å². The van der Waals surface area contributed by atoms with Gasteiger partial charge < -0.3 is 9.84 Å². The fourth-order valence-corrected chi connectivity index (χ4v) is 6.18. The molecule has 3 fully saturated rings. The van der Waals surface area contributed by atoms with Gasteiger partial charge in [-0.25, -0.2) is 0 Å². The molecule has 2 nitrogen and oxygen atoms in total. The number of rotatable bonds is 3. The molecule has 0 aromatic rings. The zero-order chi connectivity index (χ0) is 15.0. The lowest BCUT2D eigenvalue weighted by Gasteiger charge is -2.45. The molecule has 5 heteroatoms. The molecule has 4 aliphatic rings. The van der Waals surface area contributed by atoms with Crippen LogP contribution in [0.3, 0.4) is 0 Å². The lowest BCUT2D eigenvalue weighted by Crippen LogP contribution is -2.54. The van der Waals surface area contributed by atoms with Crippen molar-refractivity contribution in [2.45, 2.75) is 38.0 Å². The summed E-state index contributed by atoms with van der Waals surface area (Å²) in [5, 5.41) is 8.95. The molecule has 0 aromatic carbocycles. The number of aliphatic hydroxyl groups excluding tert-OH is 1. The Morgan fingerprint density at radius 1 is 1.10 bits per heavy atom. The summed E-state index contributed by atoms with van der Waals surface area (Å²) in [4.78, 5) is 0. The maximum atomic E-state index is 13.5. The van der Waals surface area contributed by atoms with Gasteiger partial charge in [0.05, 0.1) is 0 Å². The van der Waals surface area contributed by atoms with Gasteiger partial charge in [0.25, 0.3) is 0 Å². The van der Waals surface area contributed by atoms with Crippen LogP contribution >= 0.6 is 0 Å². The van der Waals surface area contributed by atoms with Crippen LogP contribution in [-0.2, 0) is 4.74 Å². The van der Waals surface area contributed by atoms with Crippen molar-refractivity contribution in [3.05, 3.63) is 12.2 Å². The highest BCUT2D eigenvalue weighted by Gasteiger charge is 2.68. The van der Waals surface area contributed by atoms with E-state index in [0.29, 0.717) is 36.0 Å². The Morgan fingerprint density at radius 2 is 1.76 bits per heavy atom. The van der Waals surface area contributed by atoms with Gasteiger partial charge in [-0.3, -0.25) is 0 Å². The number of allylic oxidation sites excluding steroid dienone is 2. The fraction of sp³-hybridized carbons (Fsp3) is 0.875. The zero-order valence-corrected chi connectivity index (χ0v) is 12.0. The Labute approximate surface area is 122 Å². The quantitative estimate of drug-likeness (QED) is 0.492. The minimum Gasteiger partial charge on any atom is -0.371 e. The van der Waals surface area contributed by atoms with E-state index >= 15 is 0 Å². The summed E-state index contributed by atoms with van der Waals surface area (Å²) in [6, 6.07) is 0. The van der Waals surface area contributed by atoms with Crippen molar-refractivity contribution in [1.82, 2.24) is 0 Å². The summed E-state index contributed by atoms with van der Waals surface area (Å²) in [7, 11) is 0. The molecule has 0 saturated heterocycles. The number of hydrogen-bond acceptors (Lipinski definition) is 2. The highest BCUT2D eigenvalue weighted by Crippen LogP contribution is 2.69. The lowest BCUT2D eigenvalue weighted by molar-refractivity contribution is -0.312. The number of halogens is 3. The van der Waals surface area contributed by atoms with E-state index < -0.39 is 24.5 Å². The molecular formula is C16H21F3O2. The predicted octanol–water partition coefficient (Wildman–Crippen LogP) is 3.37. The highest BCUT2D eigenvalue weighted by atomic mass is 19.4. The zero-order valence-electron chi connectivity index (χ0n) is 12.0. The van der Waals surface area contributed by atoms with E-state index in [1.807, 2.05) is 0 Å². The molecule has 0 radical (unpaired) electrons. The molecule has 8 atom stereocenters. The third-order valence-electron chi connectivity index (χ3n) is 6.91. The van der Waals surface area contributed by atoms with E-state index in [0.717, 1.165) is 19.8 Å². The summed E-state index contributed by atoms with van der Waals surface area (Å²) in [5.74, 6) is 2.09. The van der Waals surface area contributed by atoms with Crippen LogP contribution in [-0.4, -0.2) is 23.7 Å². The average molecular weight is 302 g/mol. The maximum Gasteiger partial charge on any atom is 0.417 e. The van der Waals surface area contributed by atoms with E-state index in [9.17, 15) is 13.2 Å². The molecule has 0 amide bonds. The van der Waals surface area contributed by atoms with Crippen LogP contribution in [0.4, 0.5) is 13.2 Å². The molecule has 0 spiro atoms. The summed E-state index contributed by atoms with van der Waals surface area (Å²) >= 11 is 0. The molecular weight excluding hydrogens is 281 g/mol. The average Bonchev–Trinajstić information content (AvgIpc) is 3.15. The van der Waals surface area contributed by atoms with E-state index in [4.69, 9.17) is 9.84 Å². The summed E-state index contributed by atoms with van der Waals surface area (Å²) in [5.41, 5.74) is -2.21. The van der Waals surface area contributed by atoms with Crippen molar-refractivity contribution >= 4 is 0 Å². The number of fused-ring (bicyclic) bond motifs is 9. The van der Waals surface area contributed by atoms with Gasteiger partial charge in [-0.05, 0) is 61.7 Å². The van der Waals surface area contributed by atoms with Crippen LogP contribution in [0.15, 0.2) is 12.2 Å². The van der Waals surface area contributed by atoms with E-state index in [-0.39, 0.29) is 5.92 Å². The standard InChI is InChI=1S/C16H21F3O2/c1-15(21-7-20,16(17,18)19)12-6-10-5-11(12)14-9-3-2-8(4-9)13(10)14/h2-3,8-14,20H,4-7H2,1H3. The maximum absolute atomic E-state index is 13.5. The second-order valence-electron chi connectivity index (χ2n) is 7.48. The second-order valence-corrected chi connectivity index (χ2v) is 7.48. The Morgan fingerprint density at radius 3 is 2.38 bits per heavy atom. The van der Waals surface area contributed by atoms with Crippen LogP contribution in [0.2, 0.25) is 0 Å². The van der Waals surface area contributed by atoms with E-state index in [1.165, 1.54) is 0 Å². The molecule has 0 aromatic heterocycles. The summed E-state index contributed by atoms with van der Waals surface area (Å²) < 4.78 is 45.5. The monoisotopic (exact) mass is 302 g/mol. The van der Waals surface area contributed by atoms with Gasteiger partial charge in [-0.1, -0.05) is 12.2 Å². The van der Waals surface area contributed by atoms with Gasteiger partial charge in [0, 0.05) is 5.92 Å². The Kier molecular flexibility index (Phi) is 2.85. The molecule has 0 heterocycles. The van der Waals surface area contributed by atoms with E-state index in [1.54, 1.807) is 0 Å². The van der Waals surface area contributed by atoms with Crippen LogP contribution in [0.25, 0.3) is 0 Å². The third-order valence-corrected chi connectivity index (χ3v) is 6.91. The van der Waals surface area contributed by atoms with Crippen molar-refractivity contribution in [2.75, 3.05) is 6.79 Å². The predicted molar refractivity (Wildman–Crippen MR) is 70.1 cm³/mol. The topological polar surface area (TPSA) is 29.5 Å². The smallest absolute Gasteiger partial charge is 0.371 e. The normalized spacial score (nSPS) is 49.7. The Hall–Kier alpha value is -0.550. The van der Waals surface area contributed by atoms with Crippen molar-refractivity contribution in [2.24, 2.45) is 41.4 Å². The molecule has 0 aliphatic heterocycles. The first-order chi connectivity index (χ1) is 9.87. The minimum atomic E-state index is -4.44. The molecule has 8 unspecified atom stereocenters. The van der Waals surface area contributed by atoms with Crippen LogP contribution < -0.4 is 0 Å². The first kappa shape index (κ1) is 14.1. The summed E-state index contributed by atoms with van der Waals surface area (Å²) in [6.45, 7) is 0.261. The van der Waals surface area contributed by atoms with Crippen molar-refractivity contribution < 1.29 is 23.0 Å². The van der Waals surface area contributed by atoms with Gasteiger partial charge in [0.2, 0.25) is 0 Å². The summed E-state index contributed by atoms with van der Waals surface area (Å²) in [6.07, 6.45) is 2.72. The van der Waals surface area contributed by atoms with Crippen molar-refractivity contribution in [3.63, 3.8) is 0 Å². The molecule has 118 valence electrons. The number of aliphatic hydroxyl groups is 1. The number of ether oxygens (including phenoxy) is 1. The van der Waals surface area contributed by atoms with Crippen molar-refractivity contribution in [3.8, 4) is 0 Å². The molecule has 21 heavy (non-hydrogen) atoms. The first-order valence-corrected chi connectivity index (χ1v) is 7.86. The lowest BCUT2D eigenvalue weighted by atomic mass is 9.65. The molecule has 3 saturated carbocycles. The van der Waals surface area contributed by atoms with Gasteiger partial charge >= 0.3 is 6.18 Å². The van der Waals surface area contributed by atoms with Crippen LogP contribution in [0, 0.1) is 41.4 Å². The van der Waals surface area contributed by atoms with Crippen LogP contribution in [0.1, 0.15) is 26.2 Å². The molecule has 4 rings (SSSR count). The van der Waals surface area contributed by atoms with Gasteiger partial charge in [0.1, 0.15) is 6.79 Å². The Bertz CT molecular complexity index is 475. The third kappa shape index (κ3) is 1.68. The number of hydrogen-bond donors (Lipinski definition) is 1. The first-order valence-electron chi connectivity index (χ1n) is 7.86. The van der Waals surface area contributed by atoms with Gasteiger partial charge in [-0.2, -0.15) is 13.2 Å². The minimum absolute atomic E-state index is 0.0955. The van der Waals surface area contributed by atoms with Crippen LogP contribution in [0.5, 0.6) is 0 Å². The van der Waals surface area contributed by atoms with Crippen molar-refractivity contribution in [1.29, 1.82) is 0 Å². The van der Waals surface area contributed by atoms with E-state index in [2.05, 4.69) is 12.2 Å². The highest BCUT2D eigenvalue weighted by molar-refractivity contribution is 5.22. The second kappa shape index (κ2) is 4.25. The molecule has 4 aliphatic carbocycles. The largest absolute Gasteiger partial charge is 0.417 e. The van der Waals surface area contributed by atoms with Gasteiger partial charge in [-0.15, -0.1) is 0 Å². The SMILES string of the molecule is CC(OCO)(C1CC2CC1C1C3C=CC(C3)C21)C(F)(F)F. The molecule has 4 bridgehead atoms. The molecule has 1 N–H and O–H groups in total. The fourth-order valence-electron chi connectivity index (χ4n) is 6.18. The Balaban J connectivity index is 1.65. The number of alkyl halides is 3.